The van der Waals surface area contributed by atoms with Gasteiger partial charge in [-0.15, -0.1) is 0 Å². The number of fused-ring (bicyclic) bond motifs is 1. The van der Waals surface area contributed by atoms with Crippen molar-refractivity contribution in [1.82, 2.24) is 5.32 Å². The Kier molecular flexibility index (Phi) is 5.62. The largest absolute Gasteiger partial charge is 0.385 e. The van der Waals surface area contributed by atoms with E-state index in [0.717, 1.165) is 0 Å². The lowest BCUT2D eigenvalue weighted by atomic mass is 9.74. The van der Waals surface area contributed by atoms with Crippen molar-refractivity contribution in [3.8, 4) is 0 Å². The minimum Gasteiger partial charge on any atom is -0.385 e. The van der Waals surface area contributed by atoms with E-state index >= 15 is 4.39 Å². The highest BCUT2D eigenvalue weighted by molar-refractivity contribution is 6.30. The molecule has 30 heavy (non-hydrogen) atoms. The molecule has 2 aromatic rings. The Morgan fingerprint density at radius 3 is 2.57 bits per heavy atom. The van der Waals surface area contributed by atoms with E-state index in [1.54, 1.807) is 30.3 Å². The molecule has 2 aromatic carbocycles. The molecule has 2 aliphatic heterocycles. The van der Waals surface area contributed by atoms with E-state index in [1.807, 2.05) is 6.92 Å². The molecule has 2 N–H and O–H groups in total. The van der Waals surface area contributed by atoms with Crippen molar-refractivity contribution in [1.29, 1.82) is 0 Å². The molecule has 0 saturated carbocycles. The summed E-state index contributed by atoms with van der Waals surface area (Å²) in [5.74, 6) is -1.12. The van der Waals surface area contributed by atoms with E-state index in [2.05, 4.69) is 5.32 Å². The van der Waals surface area contributed by atoms with Crippen molar-refractivity contribution in [3.63, 3.8) is 0 Å². The minimum atomic E-state index is -1.46. The number of halogens is 2. The summed E-state index contributed by atoms with van der Waals surface area (Å²) in [5.41, 5.74) is -1.44. The zero-order valence-electron chi connectivity index (χ0n) is 17.0. The molecule has 0 spiro atoms. The third-order valence-electron chi connectivity index (χ3n) is 6.47. The van der Waals surface area contributed by atoms with Gasteiger partial charge in [0.15, 0.2) is 5.72 Å². The second-order valence-corrected chi connectivity index (χ2v) is 8.33. The Labute approximate surface area is 180 Å². The van der Waals surface area contributed by atoms with E-state index in [1.165, 1.54) is 13.2 Å². The van der Waals surface area contributed by atoms with Crippen LogP contribution in [0.2, 0.25) is 5.02 Å². The van der Waals surface area contributed by atoms with E-state index in [0.29, 0.717) is 48.6 Å². The molecule has 1 fully saturated rings. The van der Waals surface area contributed by atoms with Crippen LogP contribution in [0.3, 0.4) is 0 Å². The molecule has 7 heteroatoms. The van der Waals surface area contributed by atoms with Gasteiger partial charge in [0, 0.05) is 30.9 Å². The van der Waals surface area contributed by atoms with Crippen molar-refractivity contribution in [2.24, 2.45) is 5.92 Å². The second-order valence-electron chi connectivity index (χ2n) is 7.89. The van der Waals surface area contributed by atoms with Gasteiger partial charge in [0.1, 0.15) is 5.82 Å². The number of carbonyl (C=O) groups excluding carboxylic acids is 1. The maximum absolute atomic E-state index is 15.6. The molecule has 0 aliphatic carbocycles. The molecular formula is C23H25ClFNO4. The van der Waals surface area contributed by atoms with E-state index in [9.17, 15) is 9.90 Å². The molecule has 0 bridgehead atoms. The normalized spacial score (nSPS) is 23.7. The zero-order chi connectivity index (χ0) is 21.5. The summed E-state index contributed by atoms with van der Waals surface area (Å²) in [5, 5.41) is 14.8. The van der Waals surface area contributed by atoms with Crippen LogP contribution < -0.4 is 5.32 Å². The molecule has 0 aromatic heterocycles. The van der Waals surface area contributed by atoms with Crippen LogP contribution in [0.15, 0.2) is 36.4 Å². The molecule has 1 amide bonds. The van der Waals surface area contributed by atoms with Crippen LogP contribution in [-0.4, -0.2) is 31.3 Å². The Morgan fingerprint density at radius 1 is 1.30 bits per heavy atom. The third-order valence-corrected chi connectivity index (χ3v) is 6.72. The molecule has 1 unspecified atom stereocenters. The third kappa shape index (κ3) is 3.23. The predicted octanol–water partition coefficient (Wildman–Crippen LogP) is 4.09. The zero-order valence-corrected chi connectivity index (χ0v) is 17.8. The highest BCUT2D eigenvalue weighted by atomic mass is 35.5. The molecule has 4 rings (SSSR count). The number of carbonyl (C=O) groups is 1. The highest BCUT2D eigenvalue weighted by Gasteiger charge is 2.49. The fourth-order valence-corrected chi connectivity index (χ4v) is 4.88. The molecule has 2 atom stereocenters. The summed E-state index contributed by atoms with van der Waals surface area (Å²) in [6.45, 7) is 2.99. The molecule has 5 nitrogen and oxygen atoms in total. The van der Waals surface area contributed by atoms with Gasteiger partial charge in [-0.2, -0.15) is 0 Å². The van der Waals surface area contributed by atoms with Crippen LogP contribution in [0.1, 0.15) is 53.2 Å². The SMILES string of the molecule is CC[C@@](O)(c1cc(F)c2c(c1)C(=O)NC2(OC)c1ccc(Cl)cc1)C1CCOCC1. The number of hydrogen-bond donors (Lipinski definition) is 2. The number of rotatable bonds is 5. The van der Waals surface area contributed by atoms with Crippen molar-refractivity contribution in [2.45, 2.75) is 37.5 Å². The summed E-state index contributed by atoms with van der Waals surface area (Å²) < 4.78 is 26.7. The fourth-order valence-electron chi connectivity index (χ4n) is 4.76. The van der Waals surface area contributed by atoms with Gasteiger partial charge in [-0.25, -0.2) is 4.39 Å². The number of aliphatic hydroxyl groups is 1. The van der Waals surface area contributed by atoms with E-state index in [4.69, 9.17) is 21.1 Å². The molecular weight excluding hydrogens is 409 g/mol. The maximum atomic E-state index is 15.6. The predicted molar refractivity (Wildman–Crippen MR) is 111 cm³/mol. The molecule has 160 valence electrons. The van der Waals surface area contributed by atoms with Gasteiger partial charge in [0.2, 0.25) is 0 Å². The quantitative estimate of drug-likeness (QED) is 0.745. The maximum Gasteiger partial charge on any atom is 0.254 e. The first-order valence-corrected chi connectivity index (χ1v) is 10.5. The lowest BCUT2D eigenvalue weighted by molar-refractivity contribution is -0.0733. The summed E-state index contributed by atoms with van der Waals surface area (Å²) >= 11 is 5.99. The van der Waals surface area contributed by atoms with Crippen LogP contribution in [0, 0.1) is 11.7 Å². The van der Waals surface area contributed by atoms with Crippen LogP contribution in [-0.2, 0) is 20.8 Å². The summed E-state index contributed by atoms with van der Waals surface area (Å²) in [6.07, 6.45) is 1.77. The highest BCUT2D eigenvalue weighted by Crippen LogP contribution is 2.44. The Hall–Kier alpha value is -1.99. The van der Waals surface area contributed by atoms with Gasteiger partial charge in [0.05, 0.1) is 16.7 Å². The molecule has 0 radical (unpaired) electrons. The average molecular weight is 434 g/mol. The fraction of sp³-hybridized carbons (Fsp3) is 0.435. The lowest BCUT2D eigenvalue weighted by Gasteiger charge is -2.38. The first kappa shape index (κ1) is 21.2. The van der Waals surface area contributed by atoms with Crippen molar-refractivity contribution in [2.75, 3.05) is 20.3 Å². The second kappa shape index (κ2) is 7.93. The molecule has 2 aliphatic rings. The summed E-state index contributed by atoms with van der Waals surface area (Å²) in [4.78, 5) is 12.9. The smallest absolute Gasteiger partial charge is 0.254 e. The monoisotopic (exact) mass is 433 g/mol. The van der Waals surface area contributed by atoms with Gasteiger partial charge in [-0.3, -0.25) is 4.79 Å². The van der Waals surface area contributed by atoms with Crippen molar-refractivity contribution < 1.29 is 23.8 Å². The van der Waals surface area contributed by atoms with Gasteiger partial charge in [0.25, 0.3) is 5.91 Å². The lowest BCUT2D eigenvalue weighted by Crippen LogP contribution is -2.42. The van der Waals surface area contributed by atoms with Crippen LogP contribution in [0.5, 0.6) is 0 Å². The first-order valence-electron chi connectivity index (χ1n) is 10.1. The summed E-state index contributed by atoms with van der Waals surface area (Å²) in [7, 11) is 1.42. The summed E-state index contributed by atoms with van der Waals surface area (Å²) in [6, 6.07) is 9.65. The van der Waals surface area contributed by atoms with E-state index < -0.39 is 23.1 Å². The number of ether oxygens (including phenoxy) is 2. The van der Waals surface area contributed by atoms with Gasteiger partial charge < -0.3 is 19.9 Å². The Bertz CT molecular complexity index is 960. The average Bonchev–Trinajstić information content (AvgIpc) is 3.07. The molecule has 1 saturated heterocycles. The number of nitrogens with one attached hydrogen (secondary N) is 1. The first-order chi connectivity index (χ1) is 14.4. The van der Waals surface area contributed by atoms with Crippen LogP contribution >= 0.6 is 11.6 Å². The van der Waals surface area contributed by atoms with Crippen LogP contribution in [0.4, 0.5) is 4.39 Å². The minimum absolute atomic E-state index is 0.0680. The molecule has 2 heterocycles. The standard InChI is InChI=1S/C23H25ClFNO4/c1-3-22(28,14-8-10-30-11-9-14)16-12-18-20(19(25)13-16)23(29-2,26-21(18)27)15-4-6-17(24)7-5-15/h4-7,12-14,28H,3,8-11H2,1-2H3,(H,26,27)/t22-,23?/m0/s1. The Morgan fingerprint density at radius 2 is 1.97 bits per heavy atom. The van der Waals surface area contributed by atoms with Gasteiger partial charge >= 0.3 is 0 Å². The number of amides is 1. The number of benzene rings is 2. The van der Waals surface area contributed by atoms with Crippen molar-refractivity contribution in [3.05, 3.63) is 69.5 Å². The van der Waals surface area contributed by atoms with E-state index in [-0.39, 0.29) is 17.0 Å². The van der Waals surface area contributed by atoms with Crippen LogP contribution in [0.25, 0.3) is 0 Å². The van der Waals surface area contributed by atoms with Gasteiger partial charge in [-0.05, 0) is 55.0 Å². The number of hydrogen-bond acceptors (Lipinski definition) is 4. The number of methoxy groups -OCH3 is 1. The van der Waals surface area contributed by atoms with Gasteiger partial charge in [-0.1, -0.05) is 30.7 Å². The Balaban J connectivity index is 1.84. The topological polar surface area (TPSA) is 67.8 Å². The van der Waals surface area contributed by atoms with Crippen molar-refractivity contribution >= 4 is 17.5 Å².